The van der Waals surface area contributed by atoms with Crippen molar-refractivity contribution < 1.29 is 19.4 Å². The Morgan fingerprint density at radius 3 is 2.76 bits per heavy atom. The van der Waals surface area contributed by atoms with Gasteiger partial charge in [0.2, 0.25) is 5.91 Å². The minimum Gasteiger partial charge on any atom is -0.478 e. The maximum atomic E-state index is 12.3. The van der Waals surface area contributed by atoms with E-state index >= 15 is 0 Å². The van der Waals surface area contributed by atoms with Crippen LogP contribution in [0.2, 0.25) is 0 Å². The number of hydrogen-bond donors (Lipinski definition) is 2. The Bertz CT molecular complexity index is 552. The maximum Gasteiger partial charge on any atom is 0.339 e. The van der Waals surface area contributed by atoms with Crippen LogP contribution in [0.15, 0.2) is 0 Å². The second-order valence-corrected chi connectivity index (χ2v) is 6.62. The molecular weight excluding hydrogens is 290 g/mol. The molecule has 1 amide bonds. The Kier molecular flexibility index (Phi) is 5.00. The predicted molar refractivity (Wildman–Crippen MR) is 82.2 cm³/mol. The maximum absolute atomic E-state index is 12.3. The highest BCUT2D eigenvalue weighted by atomic mass is 32.1. The third kappa shape index (κ3) is 3.44. The van der Waals surface area contributed by atoms with Crippen LogP contribution in [0.25, 0.3) is 0 Å². The van der Waals surface area contributed by atoms with Crippen LogP contribution in [0, 0.1) is 12.8 Å². The minimum absolute atomic E-state index is 0.0738. The molecule has 116 valence electrons. The summed E-state index contributed by atoms with van der Waals surface area (Å²) in [4.78, 5) is 24.8. The van der Waals surface area contributed by atoms with Crippen molar-refractivity contribution in [2.45, 2.75) is 46.1 Å². The van der Waals surface area contributed by atoms with Gasteiger partial charge >= 0.3 is 5.97 Å². The van der Waals surface area contributed by atoms with Gasteiger partial charge < -0.3 is 15.2 Å². The van der Waals surface area contributed by atoms with E-state index in [1.807, 2.05) is 20.8 Å². The Morgan fingerprint density at radius 2 is 2.19 bits per heavy atom. The van der Waals surface area contributed by atoms with Crippen molar-refractivity contribution in [1.29, 1.82) is 0 Å². The molecule has 2 unspecified atom stereocenters. The summed E-state index contributed by atoms with van der Waals surface area (Å²) in [5.74, 6) is -1.19. The number of anilines is 1. The Morgan fingerprint density at radius 1 is 1.48 bits per heavy atom. The highest BCUT2D eigenvalue weighted by Gasteiger charge is 2.28. The second kappa shape index (κ2) is 6.58. The fourth-order valence-corrected chi connectivity index (χ4v) is 3.91. The molecule has 0 spiro atoms. The molecule has 1 fully saturated rings. The molecule has 0 aromatic carbocycles. The highest BCUT2D eigenvalue weighted by molar-refractivity contribution is 7.16. The third-order valence-electron chi connectivity index (χ3n) is 3.87. The number of aryl methyl sites for hydroxylation is 1. The quantitative estimate of drug-likeness (QED) is 0.896. The molecule has 6 heteroatoms. The number of rotatable bonds is 4. The van der Waals surface area contributed by atoms with Gasteiger partial charge in [-0.25, -0.2) is 4.79 Å². The van der Waals surface area contributed by atoms with E-state index in [1.54, 1.807) is 0 Å². The largest absolute Gasteiger partial charge is 0.478 e. The molecular formula is C15H21NO4S. The lowest BCUT2D eigenvalue weighted by molar-refractivity contribution is -0.124. The van der Waals surface area contributed by atoms with Crippen LogP contribution in [0.4, 0.5) is 5.00 Å². The number of carbonyl (C=O) groups excluding carboxylic acids is 1. The van der Waals surface area contributed by atoms with Crippen LogP contribution < -0.4 is 5.32 Å². The van der Waals surface area contributed by atoms with Gasteiger partial charge in [-0.15, -0.1) is 11.3 Å². The molecule has 0 radical (unpaired) electrons. The standard InChI is InChI=1S/C15H21NO4S/c1-4-11-9(3)21-14(12(11)15(18)19)16-13(17)10-5-6-20-8(2)7-10/h8,10H,4-7H2,1-3H3,(H,16,17)(H,18,19). The molecule has 1 saturated heterocycles. The van der Waals surface area contributed by atoms with E-state index in [0.29, 0.717) is 30.9 Å². The van der Waals surface area contributed by atoms with Gasteiger partial charge in [-0.05, 0) is 38.7 Å². The van der Waals surface area contributed by atoms with E-state index in [9.17, 15) is 14.7 Å². The summed E-state index contributed by atoms with van der Waals surface area (Å²) >= 11 is 1.34. The number of carboxylic acids is 1. The van der Waals surface area contributed by atoms with Gasteiger partial charge in [-0.1, -0.05) is 6.92 Å². The van der Waals surface area contributed by atoms with Crippen molar-refractivity contribution in [3.8, 4) is 0 Å². The number of thiophene rings is 1. The van der Waals surface area contributed by atoms with Gasteiger partial charge in [0.15, 0.2) is 0 Å². The molecule has 5 nitrogen and oxygen atoms in total. The average Bonchev–Trinajstić information content (AvgIpc) is 2.74. The van der Waals surface area contributed by atoms with Crippen molar-refractivity contribution in [2.24, 2.45) is 5.92 Å². The van der Waals surface area contributed by atoms with E-state index in [2.05, 4.69) is 5.32 Å². The number of hydrogen-bond acceptors (Lipinski definition) is 4. The highest BCUT2D eigenvalue weighted by Crippen LogP contribution is 2.34. The van der Waals surface area contributed by atoms with E-state index in [4.69, 9.17) is 4.74 Å². The van der Waals surface area contributed by atoms with Crippen molar-refractivity contribution in [3.63, 3.8) is 0 Å². The van der Waals surface area contributed by atoms with Crippen molar-refractivity contribution >= 4 is 28.2 Å². The summed E-state index contributed by atoms with van der Waals surface area (Å²) < 4.78 is 5.44. The Labute approximate surface area is 128 Å². The average molecular weight is 311 g/mol. The van der Waals surface area contributed by atoms with Crippen LogP contribution in [-0.4, -0.2) is 29.7 Å². The lowest BCUT2D eigenvalue weighted by atomic mass is 9.95. The van der Waals surface area contributed by atoms with Gasteiger partial charge in [0.05, 0.1) is 11.7 Å². The van der Waals surface area contributed by atoms with E-state index in [-0.39, 0.29) is 23.5 Å². The summed E-state index contributed by atoms with van der Waals surface area (Å²) in [6.45, 7) is 6.34. The van der Waals surface area contributed by atoms with E-state index in [0.717, 1.165) is 10.4 Å². The van der Waals surface area contributed by atoms with Crippen molar-refractivity contribution in [1.82, 2.24) is 0 Å². The van der Waals surface area contributed by atoms with Gasteiger partial charge in [-0.3, -0.25) is 4.79 Å². The van der Waals surface area contributed by atoms with Crippen molar-refractivity contribution in [2.75, 3.05) is 11.9 Å². The van der Waals surface area contributed by atoms with Gasteiger partial charge in [0, 0.05) is 17.4 Å². The molecule has 21 heavy (non-hydrogen) atoms. The Balaban J connectivity index is 2.19. The first-order chi connectivity index (χ1) is 9.93. The zero-order valence-corrected chi connectivity index (χ0v) is 13.4. The molecule has 2 heterocycles. The summed E-state index contributed by atoms with van der Waals surface area (Å²) in [6, 6.07) is 0. The molecule has 2 atom stereocenters. The summed E-state index contributed by atoms with van der Waals surface area (Å²) in [6.07, 6.45) is 2.08. The first-order valence-electron chi connectivity index (χ1n) is 7.22. The minimum atomic E-state index is -0.980. The molecule has 0 bridgehead atoms. The molecule has 1 aromatic rings. The van der Waals surface area contributed by atoms with Crippen LogP contribution in [0.3, 0.4) is 0 Å². The van der Waals surface area contributed by atoms with Crippen molar-refractivity contribution in [3.05, 3.63) is 16.0 Å². The van der Waals surface area contributed by atoms with E-state index in [1.165, 1.54) is 11.3 Å². The number of ether oxygens (including phenoxy) is 1. The first kappa shape index (κ1) is 16.0. The molecule has 2 rings (SSSR count). The summed E-state index contributed by atoms with van der Waals surface area (Å²) in [7, 11) is 0. The molecule has 1 aliphatic rings. The molecule has 0 saturated carbocycles. The lowest BCUT2D eigenvalue weighted by Crippen LogP contribution is -2.32. The monoisotopic (exact) mass is 311 g/mol. The molecule has 1 aliphatic heterocycles. The van der Waals surface area contributed by atoms with Gasteiger partial charge in [-0.2, -0.15) is 0 Å². The number of nitrogens with one attached hydrogen (secondary N) is 1. The van der Waals surface area contributed by atoms with Gasteiger partial charge in [0.25, 0.3) is 0 Å². The topological polar surface area (TPSA) is 75.6 Å². The molecule has 2 N–H and O–H groups in total. The Hall–Kier alpha value is -1.40. The zero-order chi connectivity index (χ0) is 15.6. The number of amides is 1. The number of carboxylic acid groups (broad SMARTS) is 1. The SMILES string of the molecule is CCc1c(C)sc(NC(=O)C2CCOC(C)C2)c1C(=O)O. The van der Waals surface area contributed by atoms with Crippen LogP contribution in [0.5, 0.6) is 0 Å². The van der Waals surface area contributed by atoms with Gasteiger partial charge in [0.1, 0.15) is 5.00 Å². The zero-order valence-electron chi connectivity index (χ0n) is 12.6. The third-order valence-corrected chi connectivity index (χ3v) is 4.93. The number of carbonyl (C=O) groups is 2. The van der Waals surface area contributed by atoms with Crippen LogP contribution >= 0.6 is 11.3 Å². The van der Waals surface area contributed by atoms with Crippen LogP contribution in [0.1, 0.15) is 47.5 Å². The normalized spacial score (nSPS) is 22.0. The summed E-state index contributed by atoms with van der Waals surface area (Å²) in [5, 5.41) is 12.7. The first-order valence-corrected chi connectivity index (χ1v) is 8.03. The molecule has 1 aromatic heterocycles. The fourth-order valence-electron chi connectivity index (χ4n) is 2.77. The molecule has 0 aliphatic carbocycles. The predicted octanol–water partition coefficient (Wildman–Crippen LogP) is 3.07. The van der Waals surface area contributed by atoms with E-state index < -0.39 is 5.97 Å². The second-order valence-electron chi connectivity index (χ2n) is 5.39. The lowest BCUT2D eigenvalue weighted by Gasteiger charge is -2.26. The number of aromatic carboxylic acids is 1. The smallest absolute Gasteiger partial charge is 0.339 e. The fraction of sp³-hybridized carbons (Fsp3) is 0.600. The van der Waals surface area contributed by atoms with Crippen LogP contribution in [-0.2, 0) is 16.0 Å². The summed E-state index contributed by atoms with van der Waals surface area (Å²) in [5.41, 5.74) is 1.05.